The second-order valence-electron chi connectivity index (χ2n) is 8.70. The third-order valence-electron chi connectivity index (χ3n) is 6.28. The van der Waals surface area contributed by atoms with Crippen LogP contribution in [0.4, 0.5) is 5.69 Å². The predicted molar refractivity (Wildman–Crippen MR) is 121 cm³/mol. The fraction of sp³-hybridized carbons (Fsp3) is 0.360. The molecule has 3 aromatic rings. The van der Waals surface area contributed by atoms with Crippen molar-refractivity contribution in [3.05, 3.63) is 77.6 Å². The quantitative estimate of drug-likeness (QED) is 0.575. The summed E-state index contributed by atoms with van der Waals surface area (Å²) in [6, 6.07) is 17.0. The first-order valence-corrected chi connectivity index (χ1v) is 11.0. The van der Waals surface area contributed by atoms with E-state index in [-0.39, 0.29) is 11.9 Å². The van der Waals surface area contributed by atoms with Crippen molar-refractivity contribution >= 4 is 11.6 Å². The lowest BCUT2D eigenvalue weighted by Gasteiger charge is -2.41. The van der Waals surface area contributed by atoms with Crippen LogP contribution >= 0.6 is 0 Å². The molecule has 0 spiro atoms. The minimum absolute atomic E-state index is 0.0602. The second kappa shape index (κ2) is 8.46. The molecular weight excluding hydrogens is 388 g/mol. The van der Waals surface area contributed by atoms with Crippen molar-refractivity contribution in [1.29, 1.82) is 0 Å². The third kappa shape index (κ3) is 4.58. The van der Waals surface area contributed by atoms with Crippen molar-refractivity contribution in [2.75, 3.05) is 24.6 Å². The summed E-state index contributed by atoms with van der Waals surface area (Å²) < 4.78 is 5.83. The number of aromatic amines is 1. The molecule has 6 heteroatoms. The van der Waals surface area contributed by atoms with Crippen molar-refractivity contribution in [1.82, 2.24) is 15.5 Å². The van der Waals surface area contributed by atoms with Crippen molar-refractivity contribution < 1.29 is 9.53 Å². The first-order valence-electron chi connectivity index (χ1n) is 11.0. The summed E-state index contributed by atoms with van der Waals surface area (Å²) in [6.45, 7) is 4.89. The SMILES string of the molecule is CC(NC(=O)c1cn[nH]c1)c1ccc(C2CN(c3ccc(OCC4CC4)cc3)C2)cc1. The van der Waals surface area contributed by atoms with Crippen LogP contribution in [0, 0.1) is 5.92 Å². The number of ether oxygens (including phenoxy) is 1. The number of hydrogen-bond donors (Lipinski definition) is 2. The Labute approximate surface area is 182 Å². The number of amides is 1. The summed E-state index contributed by atoms with van der Waals surface area (Å²) in [4.78, 5) is 14.6. The van der Waals surface area contributed by atoms with Gasteiger partial charge in [0.1, 0.15) is 5.75 Å². The Balaban J connectivity index is 1.12. The number of H-pyrrole nitrogens is 1. The highest BCUT2D eigenvalue weighted by atomic mass is 16.5. The van der Waals surface area contributed by atoms with Crippen LogP contribution in [0.5, 0.6) is 5.75 Å². The van der Waals surface area contributed by atoms with Gasteiger partial charge in [-0.1, -0.05) is 24.3 Å². The first kappa shape index (κ1) is 19.7. The third-order valence-corrected chi connectivity index (χ3v) is 6.28. The topological polar surface area (TPSA) is 70.2 Å². The normalized spacial score (nSPS) is 17.1. The second-order valence-corrected chi connectivity index (χ2v) is 8.70. The van der Waals surface area contributed by atoms with Crippen LogP contribution in [0.15, 0.2) is 60.9 Å². The highest BCUT2D eigenvalue weighted by Crippen LogP contribution is 2.34. The van der Waals surface area contributed by atoms with Gasteiger partial charge in [0, 0.05) is 30.9 Å². The maximum Gasteiger partial charge on any atom is 0.254 e. The van der Waals surface area contributed by atoms with E-state index in [4.69, 9.17) is 4.74 Å². The largest absolute Gasteiger partial charge is 0.493 e. The maximum absolute atomic E-state index is 12.2. The molecular formula is C25H28N4O2. The Morgan fingerprint density at radius 1 is 1.16 bits per heavy atom. The molecule has 5 rings (SSSR count). The van der Waals surface area contributed by atoms with Crippen LogP contribution < -0.4 is 15.0 Å². The van der Waals surface area contributed by atoms with Gasteiger partial charge >= 0.3 is 0 Å². The van der Waals surface area contributed by atoms with E-state index in [0.717, 1.165) is 36.9 Å². The number of benzene rings is 2. The lowest BCUT2D eigenvalue weighted by atomic mass is 9.90. The molecule has 1 aliphatic heterocycles. The Morgan fingerprint density at radius 2 is 1.90 bits per heavy atom. The number of carbonyl (C=O) groups is 1. The summed E-state index contributed by atoms with van der Waals surface area (Å²) in [6.07, 6.45) is 5.75. The number of rotatable bonds is 8. The van der Waals surface area contributed by atoms with Gasteiger partial charge in [-0.15, -0.1) is 0 Å². The van der Waals surface area contributed by atoms with Gasteiger partial charge in [-0.3, -0.25) is 9.89 Å². The molecule has 160 valence electrons. The molecule has 1 amide bonds. The highest BCUT2D eigenvalue weighted by molar-refractivity contribution is 5.93. The van der Waals surface area contributed by atoms with Gasteiger partial charge in [0.15, 0.2) is 0 Å². The molecule has 1 aliphatic carbocycles. The smallest absolute Gasteiger partial charge is 0.254 e. The number of aromatic nitrogens is 2. The molecule has 0 bridgehead atoms. The molecule has 2 heterocycles. The summed E-state index contributed by atoms with van der Waals surface area (Å²) >= 11 is 0. The number of nitrogens with one attached hydrogen (secondary N) is 2. The van der Waals surface area contributed by atoms with Gasteiger partial charge in [-0.25, -0.2) is 0 Å². The zero-order chi connectivity index (χ0) is 21.2. The number of nitrogens with zero attached hydrogens (tertiary/aromatic N) is 2. The van der Waals surface area contributed by atoms with E-state index >= 15 is 0 Å². The van der Waals surface area contributed by atoms with E-state index in [0.29, 0.717) is 11.5 Å². The van der Waals surface area contributed by atoms with Gasteiger partial charge in [-0.05, 0) is 61.1 Å². The molecule has 1 unspecified atom stereocenters. The molecule has 2 N–H and O–H groups in total. The van der Waals surface area contributed by atoms with Crippen LogP contribution in [-0.2, 0) is 0 Å². The summed E-state index contributed by atoms with van der Waals surface area (Å²) in [5.41, 5.74) is 4.24. The molecule has 2 aliphatic rings. The van der Waals surface area contributed by atoms with Gasteiger partial charge in [0.05, 0.1) is 24.4 Å². The van der Waals surface area contributed by atoms with E-state index in [1.807, 2.05) is 6.92 Å². The van der Waals surface area contributed by atoms with Crippen molar-refractivity contribution in [3.63, 3.8) is 0 Å². The molecule has 2 fully saturated rings. The van der Waals surface area contributed by atoms with E-state index in [1.165, 1.54) is 30.3 Å². The average molecular weight is 417 g/mol. The molecule has 1 atom stereocenters. The molecule has 1 saturated heterocycles. The van der Waals surface area contributed by atoms with Crippen LogP contribution in [0.2, 0.25) is 0 Å². The minimum atomic E-state index is -0.121. The van der Waals surface area contributed by atoms with Gasteiger partial charge in [0.25, 0.3) is 5.91 Å². The van der Waals surface area contributed by atoms with E-state index in [1.54, 1.807) is 6.20 Å². The van der Waals surface area contributed by atoms with Gasteiger partial charge in [0.2, 0.25) is 0 Å². The summed E-state index contributed by atoms with van der Waals surface area (Å²) in [7, 11) is 0. The Bertz CT molecular complexity index is 1000. The molecule has 1 saturated carbocycles. The van der Waals surface area contributed by atoms with Crippen molar-refractivity contribution in [3.8, 4) is 5.75 Å². The lowest BCUT2D eigenvalue weighted by molar-refractivity contribution is 0.0940. The van der Waals surface area contributed by atoms with Gasteiger partial charge in [-0.2, -0.15) is 5.10 Å². The van der Waals surface area contributed by atoms with Crippen LogP contribution in [0.1, 0.15) is 53.2 Å². The van der Waals surface area contributed by atoms with Crippen LogP contribution in [0.25, 0.3) is 0 Å². The number of hydrogen-bond acceptors (Lipinski definition) is 4. The Hall–Kier alpha value is -3.28. The predicted octanol–water partition coefficient (Wildman–Crippen LogP) is 4.29. The zero-order valence-electron chi connectivity index (χ0n) is 17.8. The monoisotopic (exact) mass is 416 g/mol. The van der Waals surface area contributed by atoms with E-state index in [2.05, 4.69) is 68.9 Å². The lowest BCUT2D eigenvalue weighted by Crippen LogP contribution is -2.45. The summed E-state index contributed by atoms with van der Waals surface area (Å²) in [5, 5.41) is 9.50. The standard InChI is InChI=1S/C25H28N4O2/c1-17(28-25(30)21-12-26-27-13-21)19-4-6-20(7-5-19)22-14-29(15-22)23-8-10-24(11-9-23)31-16-18-2-3-18/h4-13,17-18,22H,2-3,14-16H2,1H3,(H,26,27)(H,28,30). The highest BCUT2D eigenvalue weighted by Gasteiger charge is 2.28. The zero-order valence-corrected chi connectivity index (χ0v) is 17.8. The van der Waals surface area contributed by atoms with Crippen molar-refractivity contribution in [2.24, 2.45) is 5.92 Å². The van der Waals surface area contributed by atoms with Crippen LogP contribution in [-0.4, -0.2) is 35.8 Å². The molecule has 31 heavy (non-hydrogen) atoms. The minimum Gasteiger partial charge on any atom is -0.493 e. The van der Waals surface area contributed by atoms with Crippen molar-refractivity contribution in [2.45, 2.75) is 31.7 Å². The summed E-state index contributed by atoms with van der Waals surface area (Å²) in [5.74, 6) is 2.16. The number of anilines is 1. The molecule has 0 radical (unpaired) electrons. The van der Waals surface area contributed by atoms with E-state index < -0.39 is 0 Å². The molecule has 2 aromatic carbocycles. The maximum atomic E-state index is 12.2. The average Bonchev–Trinajstić information content (AvgIpc) is 3.42. The first-order chi connectivity index (χ1) is 15.2. The fourth-order valence-electron chi connectivity index (χ4n) is 3.95. The molecule has 1 aromatic heterocycles. The molecule has 6 nitrogen and oxygen atoms in total. The number of carbonyl (C=O) groups excluding carboxylic acids is 1. The Kier molecular flexibility index (Phi) is 5.37. The van der Waals surface area contributed by atoms with Crippen LogP contribution in [0.3, 0.4) is 0 Å². The fourth-order valence-corrected chi connectivity index (χ4v) is 3.95. The van der Waals surface area contributed by atoms with Gasteiger partial charge < -0.3 is 15.0 Å². The Morgan fingerprint density at radius 3 is 2.55 bits per heavy atom. The van der Waals surface area contributed by atoms with E-state index in [9.17, 15) is 4.79 Å².